The Balaban J connectivity index is 2.01. The number of nitrogens with two attached hydrogens (primary N) is 1. The minimum Gasteiger partial charge on any atom is -0.396 e. The molecular formula is C13H9N7. The van der Waals surface area contributed by atoms with Crippen LogP contribution in [0.25, 0.3) is 17.2 Å². The van der Waals surface area contributed by atoms with Gasteiger partial charge >= 0.3 is 0 Å². The maximum absolute atomic E-state index is 8.78. The molecule has 2 aromatic heterocycles. The highest BCUT2D eigenvalue weighted by Crippen LogP contribution is 2.16. The van der Waals surface area contributed by atoms with Gasteiger partial charge in [-0.1, -0.05) is 30.3 Å². The van der Waals surface area contributed by atoms with Crippen molar-refractivity contribution in [2.45, 2.75) is 0 Å². The first kappa shape index (κ1) is 11.8. The fraction of sp³-hybridized carbons (Fsp3) is 0. The van der Waals surface area contributed by atoms with Crippen LogP contribution in [-0.4, -0.2) is 25.2 Å². The molecule has 0 radical (unpaired) electrons. The highest BCUT2D eigenvalue weighted by atomic mass is 15.6. The van der Waals surface area contributed by atoms with Gasteiger partial charge in [-0.05, 0) is 11.3 Å². The van der Waals surface area contributed by atoms with Crippen molar-refractivity contribution < 1.29 is 0 Å². The molecule has 0 aliphatic rings. The van der Waals surface area contributed by atoms with Crippen LogP contribution < -0.4 is 5.73 Å². The molecule has 0 bridgehead atoms. The Labute approximate surface area is 114 Å². The summed E-state index contributed by atoms with van der Waals surface area (Å²) in [5.41, 5.74) is 7.39. The van der Waals surface area contributed by atoms with Crippen LogP contribution in [0.15, 0.2) is 42.6 Å². The molecule has 3 aromatic rings. The van der Waals surface area contributed by atoms with E-state index in [0.29, 0.717) is 22.9 Å². The van der Waals surface area contributed by atoms with E-state index < -0.39 is 0 Å². The SMILES string of the molecule is N#Cc1cnc(-n2nnc(-c3ccccc3)n2)c(N)c1. The third-order valence-corrected chi connectivity index (χ3v) is 2.66. The average Bonchev–Trinajstić information content (AvgIpc) is 2.97. The first-order chi connectivity index (χ1) is 9.78. The van der Waals surface area contributed by atoms with Gasteiger partial charge in [0.15, 0.2) is 5.82 Å². The van der Waals surface area contributed by atoms with Gasteiger partial charge in [0.25, 0.3) is 0 Å². The van der Waals surface area contributed by atoms with Crippen molar-refractivity contribution in [2.75, 3.05) is 5.73 Å². The molecular weight excluding hydrogens is 254 g/mol. The van der Waals surface area contributed by atoms with Gasteiger partial charge in [0.1, 0.15) is 6.07 Å². The van der Waals surface area contributed by atoms with Crippen molar-refractivity contribution in [3.05, 3.63) is 48.2 Å². The van der Waals surface area contributed by atoms with E-state index in [1.54, 1.807) is 0 Å². The van der Waals surface area contributed by atoms with Crippen LogP contribution in [0.5, 0.6) is 0 Å². The maximum Gasteiger partial charge on any atom is 0.205 e. The number of hydrogen-bond acceptors (Lipinski definition) is 6. The van der Waals surface area contributed by atoms with Gasteiger partial charge in [-0.3, -0.25) is 0 Å². The molecule has 7 nitrogen and oxygen atoms in total. The molecule has 1 aromatic carbocycles. The summed E-state index contributed by atoms with van der Waals surface area (Å²) in [7, 11) is 0. The molecule has 0 unspecified atom stereocenters. The maximum atomic E-state index is 8.78. The zero-order chi connectivity index (χ0) is 13.9. The topological polar surface area (TPSA) is 106 Å². The minimum absolute atomic E-state index is 0.320. The molecule has 0 spiro atoms. The van der Waals surface area contributed by atoms with Gasteiger partial charge in [0.05, 0.1) is 11.3 Å². The monoisotopic (exact) mass is 263 g/mol. The lowest BCUT2D eigenvalue weighted by Gasteiger charge is -2.01. The second-order valence-electron chi connectivity index (χ2n) is 4.02. The number of benzene rings is 1. The van der Waals surface area contributed by atoms with Crippen LogP contribution >= 0.6 is 0 Å². The van der Waals surface area contributed by atoms with Crippen LogP contribution in [0.1, 0.15) is 5.56 Å². The smallest absolute Gasteiger partial charge is 0.205 e. The summed E-state index contributed by atoms with van der Waals surface area (Å²) < 4.78 is 0. The number of aromatic nitrogens is 5. The van der Waals surface area contributed by atoms with E-state index in [1.165, 1.54) is 17.1 Å². The van der Waals surface area contributed by atoms with Gasteiger partial charge < -0.3 is 5.73 Å². The number of nitriles is 1. The summed E-state index contributed by atoms with van der Waals surface area (Å²) >= 11 is 0. The first-order valence-electron chi connectivity index (χ1n) is 5.79. The first-order valence-corrected chi connectivity index (χ1v) is 5.79. The minimum atomic E-state index is 0.320. The molecule has 0 aliphatic carbocycles. The predicted octanol–water partition coefficient (Wildman–Crippen LogP) is 1.18. The highest BCUT2D eigenvalue weighted by molar-refractivity contribution is 5.57. The quantitative estimate of drug-likeness (QED) is 0.744. The molecule has 0 saturated carbocycles. The fourth-order valence-corrected chi connectivity index (χ4v) is 1.71. The van der Waals surface area contributed by atoms with Crippen LogP contribution in [0, 0.1) is 11.3 Å². The molecule has 0 atom stereocenters. The number of pyridine rings is 1. The lowest BCUT2D eigenvalue weighted by molar-refractivity contribution is 0.702. The average molecular weight is 263 g/mol. The van der Waals surface area contributed by atoms with Gasteiger partial charge in [0.2, 0.25) is 5.82 Å². The van der Waals surface area contributed by atoms with Gasteiger partial charge in [-0.15, -0.1) is 15.0 Å². The van der Waals surface area contributed by atoms with Crippen molar-refractivity contribution >= 4 is 5.69 Å². The highest BCUT2D eigenvalue weighted by Gasteiger charge is 2.11. The van der Waals surface area contributed by atoms with E-state index in [9.17, 15) is 0 Å². The van der Waals surface area contributed by atoms with E-state index in [-0.39, 0.29) is 0 Å². The Kier molecular flexibility index (Phi) is 2.82. The fourth-order valence-electron chi connectivity index (χ4n) is 1.71. The third kappa shape index (κ3) is 2.06. The van der Waals surface area contributed by atoms with E-state index in [1.807, 2.05) is 36.4 Å². The number of rotatable bonds is 2. The molecule has 96 valence electrons. The molecule has 0 saturated heterocycles. The Hall–Kier alpha value is -3.27. The van der Waals surface area contributed by atoms with E-state index in [2.05, 4.69) is 20.4 Å². The number of nitrogens with zero attached hydrogens (tertiary/aromatic N) is 6. The molecule has 3 rings (SSSR count). The molecule has 0 fully saturated rings. The predicted molar refractivity (Wildman–Crippen MR) is 71.5 cm³/mol. The number of tetrazole rings is 1. The van der Waals surface area contributed by atoms with Gasteiger partial charge in [0, 0.05) is 11.8 Å². The van der Waals surface area contributed by atoms with E-state index in [4.69, 9.17) is 11.0 Å². The Morgan fingerprint density at radius 1 is 1.20 bits per heavy atom. The summed E-state index contributed by atoms with van der Waals surface area (Å²) in [6, 6.07) is 13.0. The lowest BCUT2D eigenvalue weighted by Crippen LogP contribution is -2.06. The summed E-state index contributed by atoms with van der Waals surface area (Å²) in [6.45, 7) is 0. The standard InChI is InChI=1S/C13H9N7/c14-7-9-6-11(15)13(16-8-9)20-18-12(17-19-20)10-4-2-1-3-5-10/h1-6,8H,15H2. The third-order valence-electron chi connectivity index (χ3n) is 2.66. The largest absolute Gasteiger partial charge is 0.396 e. The van der Waals surface area contributed by atoms with E-state index >= 15 is 0 Å². The number of anilines is 1. The van der Waals surface area contributed by atoms with Gasteiger partial charge in [-0.2, -0.15) is 5.26 Å². The Bertz CT molecular complexity index is 786. The van der Waals surface area contributed by atoms with Crippen molar-refractivity contribution in [2.24, 2.45) is 0 Å². The summed E-state index contributed by atoms with van der Waals surface area (Å²) in [5.74, 6) is 0.829. The van der Waals surface area contributed by atoms with Crippen molar-refractivity contribution in [3.8, 4) is 23.3 Å². The molecule has 7 heteroatoms. The van der Waals surface area contributed by atoms with Crippen molar-refractivity contribution in [1.82, 2.24) is 25.2 Å². The van der Waals surface area contributed by atoms with Crippen LogP contribution in [0.2, 0.25) is 0 Å². The van der Waals surface area contributed by atoms with Crippen LogP contribution in [0.4, 0.5) is 5.69 Å². The molecule has 0 aliphatic heterocycles. The summed E-state index contributed by atoms with van der Waals surface area (Å²) in [6.07, 6.45) is 1.41. The Morgan fingerprint density at radius 2 is 2.00 bits per heavy atom. The number of hydrogen-bond donors (Lipinski definition) is 1. The van der Waals surface area contributed by atoms with Crippen molar-refractivity contribution in [1.29, 1.82) is 5.26 Å². The van der Waals surface area contributed by atoms with Crippen LogP contribution in [0.3, 0.4) is 0 Å². The van der Waals surface area contributed by atoms with Gasteiger partial charge in [-0.25, -0.2) is 4.98 Å². The Morgan fingerprint density at radius 3 is 2.70 bits per heavy atom. The number of nitrogen functional groups attached to an aromatic ring is 1. The zero-order valence-electron chi connectivity index (χ0n) is 10.3. The molecule has 2 heterocycles. The summed E-state index contributed by atoms with van der Waals surface area (Å²) in [4.78, 5) is 5.33. The molecule has 20 heavy (non-hydrogen) atoms. The second kappa shape index (κ2) is 4.78. The lowest BCUT2D eigenvalue weighted by atomic mass is 10.2. The molecule has 2 N–H and O–H groups in total. The van der Waals surface area contributed by atoms with Crippen molar-refractivity contribution in [3.63, 3.8) is 0 Å². The van der Waals surface area contributed by atoms with Crippen LogP contribution in [-0.2, 0) is 0 Å². The molecule has 0 amide bonds. The zero-order valence-corrected chi connectivity index (χ0v) is 10.3. The normalized spacial score (nSPS) is 10.2. The second-order valence-corrected chi connectivity index (χ2v) is 4.02. The summed E-state index contributed by atoms with van der Waals surface area (Å²) in [5, 5.41) is 20.9. The van der Waals surface area contributed by atoms with E-state index in [0.717, 1.165) is 5.56 Å².